The lowest BCUT2D eigenvalue weighted by molar-refractivity contribution is 0.317. The highest BCUT2D eigenvalue weighted by atomic mass is 16.5. The summed E-state index contributed by atoms with van der Waals surface area (Å²) in [5.41, 5.74) is 2.19. The third-order valence-corrected chi connectivity index (χ3v) is 2.50. The predicted octanol–water partition coefficient (Wildman–Crippen LogP) is 2.15. The van der Waals surface area contributed by atoms with Crippen LogP contribution < -0.4 is 4.74 Å². The van der Waals surface area contributed by atoms with Crippen molar-refractivity contribution in [3.63, 3.8) is 0 Å². The van der Waals surface area contributed by atoms with E-state index in [1.165, 1.54) is 5.56 Å². The van der Waals surface area contributed by atoms with Crippen molar-refractivity contribution in [3.8, 4) is 11.5 Å². The van der Waals surface area contributed by atoms with E-state index in [0.717, 1.165) is 12.0 Å². The van der Waals surface area contributed by atoms with Crippen LogP contribution in [0.25, 0.3) is 0 Å². The topological polar surface area (TPSA) is 41.8 Å². The number of ether oxygens (including phenoxy) is 1. The first-order valence-electron chi connectivity index (χ1n) is 5.22. The largest absolute Gasteiger partial charge is 0.504 e. The van der Waals surface area contributed by atoms with Crippen LogP contribution in [0.15, 0.2) is 17.1 Å². The van der Waals surface area contributed by atoms with Crippen molar-refractivity contribution >= 4 is 6.21 Å². The molecule has 1 N–H and O–H groups in total. The second-order valence-electron chi connectivity index (χ2n) is 3.78. The van der Waals surface area contributed by atoms with E-state index in [0.29, 0.717) is 18.4 Å². The third kappa shape index (κ3) is 1.96. The minimum Gasteiger partial charge on any atom is -0.504 e. The van der Waals surface area contributed by atoms with Crippen LogP contribution in [0.4, 0.5) is 0 Å². The maximum absolute atomic E-state index is 9.68. The highest BCUT2D eigenvalue weighted by molar-refractivity contribution is 5.84. The van der Waals surface area contributed by atoms with E-state index >= 15 is 0 Å². The van der Waals surface area contributed by atoms with Crippen LogP contribution in [0.5, 0.6) is 11.5 Å². The Labute approximate surface area is 89.4 Å². The lowest BCUT2D eigenvalue weighted by Gasteiger charge is -2.17. The van der Waals surface area contributed by atoms with Gasteiger partial charge < -0.3 is 9.84 Å². The molecule has 1 atom stereocenters. The van der Waals surface area contributed by atoms with E-state index in [4.69, 9.17) is 4.74 Å². The number of aromatic hydroxyl groups is 1. The Morgan fingerprint density at radius 3 is 3.07 bits per heavy atom. The van der Waals surface area contributed by atoms with E-state index in [1.807, 2.05) is 19.2 Å². The molecule has 0 amide bonds. The second kappa shape index (κ2) is 3.93. The predicted molar refractivity (Wildman–Crippen MR) is 60.0 cm³/mol. The number of benzene rings is 1. The van der Waals surface area contributed by atoms with Crippen LogP contribution in [0.2, 0.25) is 0 Å². The summed E-state index contributed by atoms with van der Waals surface area (Å²) in [5.74, 6) is 0.760. The summed E-state index contributed by atoms with van der Waals surface area (Å²) in [6, 6.07) is 3.95. The van der Waals surface area contributed by atoms with Gasteiger partial charge in [-0.15, -0.1) is 0 Å². The van der Waals surface area contributed by atoms with Gasteiger partial charge in [0.2, 0.25) is 0 Å². The van der Waals surface area contributed by atoms with Gasteiger partial charge in [-0.05, 0) is 43.5 Å². The minimum absolute atomic E-state index is 0.191. The van der Waals surface area contributed by atoms with E-state index in [9.17, 15) is 5.11 Å². The van der Waals surface area contributed by atoms with Gasteiger partial charge in [0.05, 0.1) is 12.6 Å². The molecule has 3 nitrogen and oxygen atoms in total. The maximum atomic E-state index is 9.68. The molecular weight excluding hydrogens is 190 g/mol. The molecule has 0 bridgehead atoms. The number of aliphatic imine (C=N–C) groups is 1. The quantitative estimate of drug-likeness (QED) is 0.803. The second-order valence-corrected chi connectivity index (χ2v) is 3.78. The van der Waals surface area contributed by atoms with Crippen molar-refractivity contribution in [2.24, 2.45) is 4.99 Å². The Hall–Kier alpha value is -1.51. The van der Waals surface area contributed by atoms with Crippen LogP contribution in [0, 0.1) is 0 Å². The van der Waals surface area contributed by atoms with Crippen molar-refractivity contribution in [2.75, 3.05) is 6.61 Å². The lowest BCUT2D eigenvalue weighted by atomic mass is 9.98. The molecule has 80 valence electrons. The SMILES string of the molecule is CCOc1cc2c(cc1O)C=N[C@@H](C)C2. The molecule has 2 rings (SSSR count). The summed E-state index contributed by atoms with van der Waals surface area (Å²) in [5, 5.41) is 9.68. The van der Waals surface area contributed by atoms with Gasteiger partial charge in [0.1, 0.15) is 0 Å². The number of phenolic OH excluding ortho intramolecular Hbond substituents is 1. The zero-order valence-corrected chi connectivity index (χ0v) is 9.03. The molecule has 0 aliphatic carbocycles. The highest BCUT2D eigenvalue weighted by Crippen LogP contribution is 2.31. The molecule has 15 heavy (non-hydrogen) atoms. The number of phenols is 1. The van der Waals surface area contributed by atoms with Gasteiger partial charge in [0.15, 0.2) is 11.5 Å². The zero-order valence-electron chi connectivity index (χ0n) is 9.03. The van der Waals surface area contributed by atoms with Gasteiger partial charge in [-0.25, -0.2) is 0 Å². The Balaban J connectivity index is 2.40. The van der Waals surface area contributed by atoms with Crippen molar-refractivity contribution in [1.29, 1.82) is 0 Å². The molecule has 1 aliphatic heterocycles. The van der Waals surface area contributed by atoms with Gasteiger partial charge in [-0.2, -0.15) is 0 Å². The van der Waals surface area contributed by atoms with Crippen molar-refractivity contribution in [3.05, 3.63) is 23.3 Å². The molecule has 0 aromatic heterocycles. The van der Waals surface area contributed by atoms with Gasteiger partial charge in [-0.1, -0.05) is 0 Å². The molecule has 0 radical (unpaired) electrons. The monoisotopic (exact) mass is 205 g/mol. The van der Waals surface area contributed by atoms with Crippen LogP contribution >= 0.6 is 0 Å². The molecule has 1 aliphatic rings. The van der Waals surface area contributed by atoms with Crippen LogP contribution in [0.1, 0.15) is 25.0 Å². The molecule has 0 unspecified atom stereocenters. The zero-order chi connectivity index (χ0) is 10.8. The molecule has 0 spiro atoms. The van der Waals surface area contributed by atoms with Crippen molar-refractivity contribution < 1.29 is 9.84 Å². The maximum Gasteiger partial charge on any atom is 0.161 e. The Bertz CT molecular complexity index is 399. The fourth-order valence-corrected chi connectivity index (χ4v) is 1.77. The minimum atomic E-state index is 0.191. The van der Waals surface area contributed by atoms with E-state index < -0.39 is 0 Å². The molecule has 0 fully saturated rings. The summed E-state index contributed by atoms with van der Waals surface area (Å²) >= 11 is 0. The highest BCUT2D eigenvalue weighted by Gasteiger charge is 2.14. The van der Waals surface area contributed by atoms with Crippen LogP contribution in [0.3, 0.4) is 0 Å². The van der Waals surface area contributed by atoms with Gasteiger partial charge >= 0.3 is 0 Å². The van der Waals surface area contributed by atoms with Crippen LogP contribution in [-0.2, 0) is 6.42 Å². The standard InChI is InChI=1S/C12H15NO2/c1-3-15-12-6-9-4-8(2)13-7-10(9)5-11(12)14/h5-8,14H,3-4H2,1-2H3/t8-/m0/s1. The van der Waals surface area contributed by atoms with Gasteiger partial charge in [0, 0.05) is 6.21 Å². The van der Waals surface area contributed by atoms with Gasteiger partial charge in [0.25, 0.3) is 0 Å². The lowest BCUT2D eigenvalue weighted by Crippen LogP contribution is -2.11. The summed E-state index contributed by atoms with van der Waals surface area (Å²) < 4.78 is 5.34. The van der Waals surface area contributed by atoms with Crippen LogP contribution in [-0.4, -0.2) is 24.0 Å². The van der Waals surface area contributed by atoms with E-state index in [-0.39, 0.29) is 5.75 Å². The number of hydrogen-bond acceptors (Lipinski definition) is 3. The summed E-state index contributed by atoms with van der Waals surface area (Å²) in [7, 11) is 0. The Morgan fingerprint density at radius 1 is 1.53 bits per heavy atom. The summed E-state index contributed by atoms with van der Waals surface area (Å²) in [6.45, 7) is 4.55. The first-order valence-corrected chi connectivity index (χ1v) is 5.22. The normalized spacial score (nSPS) is 18.7. The fraction of sp³-hybridized carbons (Fsp3) is 0.417. The van der Waals surface area contributed by atoms with E-state index in [1.54, 1.807) is 6.07 Å². The van der Waals surface area contributed by atoms with Gasteiger partial charge in [-0.3, -0.25) is 4.99 Å². The Kier molecular flexibility index (Phi) is 2.62. The first-order chi connectivity index (χ1) is 7.20. The summed E-state index contributed by atoms with van der Waals surface area (Å²) in [6.07, 6.45) is 2.73. The first kappa shape index (κ1) is 10.0. The number of rotatable bonds is 2. The van der Waals surface area contributed by atoms with E-state index in [2.05, 4.69) is 11.9 Å². The number of nitrogens with zero attached hydrogens (tertiary/aromatic N) is 1. The summed E-state index contributed by atoms with van der Waals surface area (Å²) in [4.78, 5) is 4.31. The third-order valence-electron chi connectivity index (χ3n) is 2.50. The average molecular weight is 205 g/mol. The molecular formula is C12H15NO2. The molecule has 0 saturated heterocycles. The molecule has 0 saturated carbocycles. The number of hydrogen-bond donors (Lipinski definition) is 1. The molecule has 1 aromatic carbocycles. The smallest absolute Gasteiger partial charge is 0.161 e. The van der Waals surface area contributed by atoms with Crippen molar-refractivity contribution in [2.45, 2.75) is 26.3 Å². The molecule has 1 heterocycles. The average Bonchev–Trinajstić information content (AvgIpc) is 2.20. The fourth-order valence-electron chi connectivity index (χ4n) is 1.77. The number of fused-ring (bicyclic) bond motifs is 1. The molecule has 3 heteroatoms. The van der Waals surface area contributed by atoms with Crippen molar-refractivity contribution in [1.82, 2.24) is 0 Å². The molecule has 1 aromatic rings. The Morgan fingerprint density at radius 2 is 2.33 bits per heavy atom.